The first kappa shape index (κ1) is 40.2. The molecule has 2 unspecified atom stereocenters. The van der Waals surface area contributed by atoms with Gasteiger partial charge in [-0.05, 0) is 88.1 Å². The molecule has 0 aromatic carbocycles. The van der Waals surface area contributed by atoms with Gasteiger partial charge in [0.05, 0.1) is 19.8 Å². The lowest BCUT2D eigenvalue weighted by molar-refractivity contribution is -0.279. The zero-order valence-corrected chi connectivity index (χ0v) is 29.5. The summed E-state index contributed by atoms with van der Waals surface area (Å²) in [5.74, 6) is -1.13. The van der Waals surface area contributed by atoms with Crippen LogP contribution in [0.2, 0.25) is 0 Å². The predicted molar refractivity (Wildman–Crippen MR) is 183 cm³/mol. The van der Waals surface area contributed by atoms with Crippen molar-refractivity contribution in [3.05, 3.63) is 62.6 Å². The summed E-state index contributed by atoms with van der Waals surface area (Å²) in [5.41, 5.74) is 7.88. The molecule has 0 saturated carbocycles. The fourth-order valence-electron chi connectivity index (χ4n) is 6.37. The largest absolute Gasteiger partial charge is 0.405 e. The number of aliphatic hydroxyl groups excluding tert-OH is 7. The normalized spacial score (nSPS) is 35.4. The van der Waals surface area contributed by atoms with E-state index in [1.807, 2.05) is 19.9 Å². The third-order valence-electron chi connectivity index (χ3n) is 9.97. The molecular weight excluding hydrogens is 618 g/mol. The quantitative estimate of drug-likeness (QED) is 0.127. The SMILES string of the molecule is CC1=C(/C=C(C)/C(C)=C/CC/C=C(C)/C(C)=C/CO[C@H]2O[C@H](CO)C(C#[N+]C3O[C@H](CO)[C@@H](O)[C@H](O)[C@H]3O)[C@H](O)[C@H]2O)C(C)(C)CCC1. The molecule has 2 saturated heterocycles. The Morgan fingerprint density at radius 2 is 1.42 bits per heavy atom. The van der Waals surface area contributed by atoms with E-state index in [0.717, 1.165) is 24.0 Å². The summed E-state index contributed by atoms with van der Waals surface area (Å²) in [4.78, 5) is 3.93. The van der Waals surface area contributed by atoms with E-state index in [2.05, 4.69) is 63.8 Å². The van der Waals surface area contributed by atoms with Gasteiger partial charge in [0.2, 0.25) is 0 Å². The Labute approximate surface area is 285 Å². The molecule has 3 aliphatic rings. The maximum Gasteiger partial charge on any atom is 0.405 e. The number of aliphatic hydroxyl groups is 7. The summed E-state index contributed by atoms with van der Waals surface area (Å²) >= 11 is 0. The van der Waals surface area contributed by atoms with Gasteiger partial charge < -0.3 is 45.2 Å². The third kappa shape index (κ3) is 10.2. The van der Waals surface area contributed by atoms with Gasteiger partial charge in [-0.2, -0.15) is 0 Å². The number of nitrogens with zero attached hydrogens (tertiary/aromatic N) is 1. The van der Waals surface area contributed by atoms with E-state index in [0.29, 0.717) is 0 Å². The second-order valence-corrected chi connectivity index (χ2v) is 14.0. The Hall–Kier alpha value is -2.21. The van der Waals surface area contributed by atoms with Gasteiger partial charge in [-0.1, -0.05) is 60.4 Å². The standard InChI is InChI=1S/C37H58NO10/c1-21(11-8-9-12-22(2)25(5)17-27-24(4)13-10-15-37(27,6)7)23(3)14-16-46-36-34(45)30(41)26(28(19-39)48-36)18-38-35-33(44)32(43)31(42)29(20-40)47-35/h11-12,14,17,26,28-36,39-45H,8-10,13,15-16,19-20H2,1-7H3/q+1/b21-11+,22-12+,23-14+,25-17+/t26?,28-,29-,30+,31-,32+,33-,34-,35?,36+/m1/s1. The molecule has 0 aromatic heterocycles. The first-order valence-corrected chi connectivity index (χ1v) is 17.0. The Kier molecular flexibility index (Phi) is 15.2. The Balaban J connectivity index is 1.54. The fraction of sp³-hybridized carbons (Fsp3) is 0.703. The van der Waals surface area contributed by atoms with Crippen molar-refractivity contribution in [1.82, 2.24) is 0 Å². The zero-order chi connectivity index (χ0) is 35.8. The highest BCUT2D eigenvalue weighted by molar-refractivity contribution is 5.40. The van der Waals surface area contributed by atoms with Crippen LogP contribution in [0.1, 0.15) is 80.6 Å². The van der Waals surface area contributed by atoms with Crippen molar-refractivity contribution in [2.24, 2.45) is 11.3 Å². The lowest BCUT2D eigenvalue weighted by Gasteiger charge is -2.38. The molecule has 0 amide bonds. The van der Waals surface area contributed by atoms with Gasteiger partial charge >= 0.3 is 6.23 Å². The molecule has 3 rings (SSSR count). The van der Waals surface area contributed by atoms with Crippen molar-refractivity contribution in [3.63, 3.8) is 0 Å². The predicted octanol–water partition coefficient (Wildman–Crippen LogP) is 3.28. The van der Waals surface area contributed by atoms with E-state index in [1.165, 1.54) is 41.6 Å². The maximum atomic E-state index is 10.8. The van der Waals surface area contributed by atoms with Crippen LogP contribution in [0.5, 0.6) is 0 Å². The van der Waals surface area contributed by atoms with Gasteiger partial charge in [0, 0.05) is 0 Å². The second kappa shape index (κ2) is 18.2. The van der Waals surface area contributed by atoms with Crippen LogP contribution in [0, 0.1) is 17.4 Å². The fourth-order valence-corrected chi connectivity index (χ4v) is 6.37. The summed E-state index contributed by atoms with van der Waals surface area (Å²) in [6, 6.07) is 2.54. The summed E-state index contributed by atoms with van der Waals surface area (Å²) in [7, 11) is 0. The topological polar surface area (TPSA) is 174 Å². The van der Waals surface area contributed by atoms with Crippen molar-refractivity contribution in [1.29, 1.82) is 0 Å². The minimum atomic E-state index is -1.63. The minimum Gasteiger partial charge on any atom is -0.394 e. The van der Waals surface area contributed by atoms with Crippen LogP contribution in [0.15, 0.2) is 57.7 Å². The summed E-state index contributed by atoms with van der Waals surface area (Å²) in [6.45, 7) is 14.2. The second-order valence-electron chi connectivity index (χ2n) is 14.0. The van der Waals surface area contributed by atoms with Crippen LogP contribution in [0.25, 0.3) is 4.85 Å². The summed E-state index contributed by atoms with van der Waals surface area (Å²) in [5, 5.41) is 70.9. The molecule has 0 spiro atoms. The van der Waals surface area contributed by atoms with Crippen molar-refractivity contribution >= 4 is 0 Å². The molecule has 7 N–H and O–H groups in total. The van der Waals surface area contributed by atoms with Crippen LogP contribution in [0.3, 0.4) is 0 Å². The molecule has 2 heterocycles. The molecule has 2 fully saturated rings. The summed E-state index contributed by atoms with van der Waals surface area (Å²) < 4.78 is 16.8. The van der Waals surface area contributed by atoms with Gasteiger partial charge in [-0.15, -0.1) is 0 Å². The van der Waals surface area contributed by atoms with Crippen LogP contribution < -0.4 is 0 Å². The minimum absolute atomic E-state index is 0.0889. The van der Waals surface area contributed by atoms with Gasteiger partial charge in [0.15, 0.2) is 12.4 Å². The van der Waals surface area contributed by atoms with Gasteiger partial charge in [-0.25, -0.2) is 0 Å². The summed E-state index contributed by atoms with van der Waals surface area (Å²) in [6.07, 6.45) is 1.47. The Bertz CT molecular complexity index is 1300. The van der Waals surface area contributed by atoms with Gasteiger partial charge in [0.1, 0.15) is 42.5 Å². The van der Waals surface area contributed by atoms with Crippen LogP contribution >= 0.6 is 0 Å². The third-order valence-corrected chi connectivity index (χ3v) is 9.97. The molecule has 11 nitrogen and oxygen atoms in total. The average Bonchev–Trinajstić information content (AvgIpc) is 3.05. The van der Waals surface area contributed by atoms with Crippen molar-refractivity contribution in [3.8, 4) is 6.07 Å². The molecule has 48 heavy (non-hydrogen) atoms. The average molecular weight is 677 g/mol. The first-order valence-electron chi connectivity index (χ1n) is 17.0. The van der Waals surface area contributed by atoms with Crippen LogP contribution in [-0.2, 0) is 14.2 Å². The van der Waals surface area contributed by atoms with Crippen LogP contribution in [-0.4, -0.2) is 111 Å². The number of hydrogen-bond donors (Lipinski definition) is 7. The molecule has 0 aromatic rings. The van der Waals surface area contributed by atoms with E-state index in [9.17, 15) is 35.7 Å². The van der Waals surface area contributed by atoms with E-state index in [1.54, 1.807) is 0 Å². The highest BCUT2D eigenvalue weighted by atomic mass is 16.7. The van der Waals surface area contributed by atoms with Crippen LogP contribution in [0.4, 0.5) is 0 Å². The number of ether oxygens (including phenoxy) is 3. The lowest BCUT2D eigenvalue weighted by Crippen LogP contribution is -2.58. The van der Waals surface area contributed by atoms with Gasteiger partial charge in [-0.3, -0.25) is 4.74 Å². The lowest BCUT2D eigenvalue weighted by atomic mass is 9.72. The molecule has 11 heteroatoms. The highest BCUT2D eigenvalue weighted by Crippen LogP contribution is 2.41. The maximum absolute atomic E-state index is 10.8. The van der Waals surface area contributed by atoms with E-state index in [-0.39, 0.29) is 12.0 Å². The molecule has 0 radical (unpaired) electrons. The number of rotatable bonds is 11. The van der Waals surface area contributed by atoms with Gasteiger partial charge in [0.25, 0.3) is 6.07 Å². The van der Waals surface area contributed by atoms with Crippen molar-refractivity contribution < 1.29 is 50.0 Å². The Morgan fingerprint density at radius 3 is 2.02 bits per heavy atom. The molecule has 1 aliphatic carbocycles. The molecule has 0 bridgehead atoms. The number of hydrogen-bond acceptors (Lipinski definition) is 10. The smallest absolute Gasteiger partial charge is 0.394 e. The molecule has 270 valence electrons. The number of unbranched alkanes of at least 4 members (excludes halogenated alkanes) is 1. The molecule has 10 atom stereocenters. The molecular formula is C37H58NO10+. The van der Waals surface area contributed by atoms with Crippen molar-refractivity contribution in [2.75, 3.05) is 19.8 Å². The first-order chi connectivity index (χ1) is 22.6. The van der Waals surface area contributed by atoms with E-state index in [4.69, 9.17) is 14.2 Å². The zero-order valence-electron chi connectivity index (χ0n) is 29.5. The highest BCUT2D eigenvalue weighted by Gasteiger charge is 2.51. The van der Waals surface area contributed by atoms with E-state index >= 15 is 0 Å². The van der Waals surface area contributed by atoms with Crippen molar-refractivity contribution in [2.45, 2.75) is 136 Å². The Morgan fingerprint density at radius 1 is 0.812 bits per heavy atom. The number of allylic oxidation sites excluding steroid dienone is 9. The van der Waals surface area contributed by atoms with E-state index < -0.39 is 74.4 Å². The molecule has 2 aliphatic heterocycles. The monoisotopic (exact) mass is 676 g/mol.